The molecule has 0 bridgehead atoms. The topological polar surface area (TPSA) is 55.7 Å². The smallest absolute Gasteiger partial charge is 0.323 e. The number of amides is 2. The van der Waals surface area contributed by atoms with Gasteiger partial charge in [-0.3, -0.25) is 0 Å². The maximum atomic E-state index is 13.8. The number of para-hydroxylation sites is 1. The summed E-state index contributed by atoms with van der Waals surface area (Å²) in [5, 5.41) is 3.06. The number of carbonyl (C=O) groups excluding carboxylic acids is 1. The van der Waals surface area contributed by atoms with E-state index in [0.29, 0.717) is 23.7 Å². The molecule has 33 heavy (non-hydrogen) atoms. The number of urea groups is 1. The number of rotatable bonds is 4. The Bertz CT molecular complexity index is 1280. The number of nitrogens with one attached hydrogen (secondary N) is 1. The Labute approximate surface area is 193 Å². The first-order valence-electron chi connectivity index (χ1n) is 10.8. The second-order valence-electron chi connectivity index (χ2n) is 7.87. The summed E-state index contributed by atoms with van der Waals surface area (Å²) < 4.78 is 13.0. The molecule has 0 saturated heterocycles. The van der Waals surface area contributed by atoms with Crippen LogP contribution >= 0.6 is 0 Å². The van der Waals surface area contributed by atoms with Crippen molar-refractivity contribution < 1.29 is 14.3 Å². The number of methoxy groups -OCH3 is 2. The monoisotopic (exact) mass is 439 g/mol. The second-order valence-corrected chi connectivity index (χ2v) is 7.87. The van der Waals surface area contributed by atoms with Gasteiger partial charge in [-0.05, 0) is 41.5 Å². The van der Waals surface area contributed by atoms with Gasteiger partial charge in [-0.25, -0.2) is 4.79 Å². The molecule has 6 heteroatoms. The molecule has 5 rings (SSSR count). The Morgan fingerprint density at radius 2 is 1.70 bits per heavy atom. The molecule has 1 aliphatic rings. The summed E-state index contributed by atoms with van der Waals surface area (Å²) in [7, 11) is 3.18. The van der Waals surface area contributed by atoms with Gasteiger partial charge in [-0.1, -0.05) is 48.5 Å². The summed E-state index contributed by atoms with van der Waals surface area (Å²) >= 11 is 0. The predicted octanol–water partition coefficient (Wildman–Crippen LogP) is 5.63. The lowest BCUT2D eigenvalue weighted by Gasteiger charge is -2.31. The van der Waals surface area contributed by atoms with Crippen molar-refractivity contribution in [2.75, 3.05) is 19.5 Å². The number of hydrogen-bond acceptors (Lipinski definition) is 3. The van der Waals surface area contributed by atoms with Crippen LogP contribution in [0.1, 0.15) is 22.9 Å². The van der Waals surface area contributed by atoms with Gasteiger partial charge in [0.15, 0.2) is 0 Å². The molecule has 0 aliphatic carbocycles. The van der Waals surface area contributed by atoms with Crippen LogP contribution in [0.25, 0.3) is 5.69 Å². The van der Waals surface area contributed by atoms with Gasteiger partial charge in [0.1, 0.15) is 11.5 Å². The van der Waals surface area contributed by atoms with Crippen LogP contribution < -0.4 is 14.8 Å². The van der Waals surface area contributed by atoms with Gasteiger partial charge in [-0.2, -0.15) is 0 Å². The average molecular weight is 440 g/mol. The minimum Gasteiger partial charge on any atom is -0.497 e. The molecule has 3 aromatic carbocycles. The van der Waals surface area contributed by atoms with Crippen molar-refractivity contribution in [1.82, 2.24) is 9.47 Å². The summed E-state index contributed by atoms with van der Waals surface area (Å²) in [5.74, 6) is 1.21. The first-order valence-corrected chi connectivity index (χ1v) is 10.8. The predicted molar refractivity (Wildman–Crippen MR) is 128 cm³/mol. The van der Waals surface area contributed by atoms with Gasteiger partial charge in [0.2, 0.25) is 0 Å². The maximum absolute atomic E-state index is 13.8. The lowest BCUT2D eigenvalue weighted by Crippen LogP contribution is -2.38. The summed E-state index contributed by atoms with van der Waals surface area (Å²) in [6, 6.07) is 27.3. The molecule has 1 N–H and O–H groups in total. The fourth-order valence-electron chi connectivity index (χ4n) is 4.42. The van der Waals surface area contributed by atoms with Crippen molar-refractivity contribution in [3.8, 4) is 17.2 Å². The van der Waals surface area contributed by atoms with E-state index in [1.54, 1.807) is 32.4 Å². The van der Waals surface area contributed by atoms with Crippen molar-refractivity contribution in [3.05, 3.63) is 108 Å². The van der Waals surface area contributed by atoms with Crippen LogP contribution in [0.3, 0.4) is 0 Å². The van der Waals surface area contributed by atoms with Crippen molar-refractivity contribution in [2.45, 2.75) is 12.6 Å². The highest BCUT2D eigenvalue weighted by Crippen LogP contribution is 2.37. The molecule has 6 nitrogen and oxygen atoms in total. The lowest BCUT2D eigenvalue weighted by atomic mass is 10.0. The van der Waals surface area contributed by atoms with Crippen LogP contribution in [-0.2, 0) is 6.54 Å². The third-order valence-electron chi connectivity index (χ3n) is 5.99. The van der Waals surface area contributed by atoms with Crippen molar-refractivity contribution in [3.63, 3.8) is 0 Å². The molecule has 0 radical (unpaired) electrons. The molecule has 4 aromatic rings. The van der Waals surface area contributed by atoms with Gasteiger partial charge in [0.25, 0.3) is 0 Å². The fourth-order valence-corrected chi connectivity index (χ4v) is 4.42. The molecule has 0 saturated carbocycles. The number of hydrogen-bond donors (Lipinski definition) is 1. The number of aromatic nitrogens is 1. The zero-order valence-electron chi connectivity index (χ0n) is 18.6. The van der Waals surface area contributed by atoms with Gasteiger partial charge in [0.05, 0.1) is 38.2 Å². The van der Waals surface area contributed by atoms with E-state index in [2.05, 4.69) is 46.4 Å². The first kappa shape index (κ1) is 20.7. The van der Waals surface area contributed by atoms with Crippen LogP contribution in [0, 0.1) is 0 Å². The Morgan fingerprint density at radius 1 is 0.909 bits per heavy atom. The Balaban J connectivity index is 1.61. The maximum Gasteiger partial charge on any atom is 0.323 e. The number of fused-ring (bicyclic) bond motifs is 3. The summed E-state index contributed by atoms with van der Waals surface area (Å²) in [6.45, 7) is 0.454. The Kier molecular flexibility index (Phi) is 5.48. The molecular formula is C27H25N3O3. The van der Waals surface area contributed by atoms with E-state index < -0.39 is 0 Å². The number of carbonyl (C=O) groups is 1. The SMILES string of the molecule is COc1ccc(OC)c(NC(=O)N2Cc3ccccc3-n3cccc3C2c2ccccc2)c1. The normalized spacial score (nSPS) is 14.6. The molecule has 2 amide bonds. The Morgan fingerprint density at radius 3 is 2.48 bits per heavy atom. The quantitative estimate of drug-likeness (QED) is 0.448. The third kappa shape index (κ3) is 3.80. The van der Waals surface area contributed by atoms with E-state index in [9.17, 15) is 4.79 Å². The van der Waals surface area contributed by atoms with Crippen LogP contribution in [0.4, 0.5) is 10.5 Å². The molecule has 1 unspecified atom stereocenters. The number of benzene rings is 3. The Hall–Kier alpha value is -4.19. The first-order chi connectivity index (χ1) is 16.2. The van der Waals surface area contributed by atoms with Crippen LogP contribution in [-0.4, -0.2) is 29.7 Å². The lowest BCUT2D eigenvalue weighted by molar-refractivity contribution is 0.194. The highest BCUT2D eigenvalue weighted by Gasteiger charge is 2.33. The molecular weight excluding hydrogens is 414 g/mol. The largest absolute Gasteiger partial charge is 0.497 e. The summed E-state index contributed by atoms with van der Waals surface area (Å²) in [4.78, 5) is 15.7. The zero-order valence-corrected chi connectivity index (χ0v) is 18.6. The van der Waals surface area contributed by atoms with Crippen molar-refractivity contribution in [1.29, 1.82) is 0 Å². The van der Waals surface area contributed by atoms with Gasteiger partial charge < -0.3 is 24.3 Å². The summed E-state index contributed by atoms with van der Waals surface area (Å²) in [6.07, 6.45) is 2.05. The highest BCUT2D eigenvalue weighted by molar-refractivity contribution is 5.92. The minimum atomic E-state index is -0.273. The molecule has 1 aliphatic heterocycles. The van der Waals surface area contributed by atoms with Gasteiger partial charge in [-0.15, -0.1) is 0 Å². The van der Waals surface area contributed by atoms with E-state index in [4.69, 9.17) is 9.47 Å². The van der Waals surface area contributed by atoms with E-state index in [1.807, 2.05) is 41.3 Å². The number of ether oxygens (including phenoxy) is 2. The second kappa shape index (κ2) is 8.74. The molecule has 2 heterocycles. The zero-order chi connectivity index (χ0) is 22.8. The van der Waals surface area contributed by atoms with Crippen LogP contribution in [0.5, 0.6) is 11.5 Å². The van der Waals surface area contributed by atoms with Crippen LogP contribution in [0.15, 0.2) is 91.1 Å². The van der Waals surface area contributed by atoms with Crippen LogP contribution in [0.2, 0.25) is 0 Å². The van der Waals surface area contributed by atoms with E-state index >= 15 is 0 Å². The minimum absolute atomic E-state index is 0.222. The van der Waals surface area contributed by atoms with E-state index in [-0.39, 0.29) is 12.1 Å². The highest BCUT2D eigenvalue weighted by atomic mass is 16.5. The fraction of sp³-hybridized carbons (Fsp3) is 0.148. The number of anilines is 1. The van der Waals surface area contributed by atoms with Crippen molar-refractivity contribution >= 4 is 11.7 Å². The van der Waals surface area contributed by atoms with Crippen molar-refractivity contribution in [2.24, 2.45) is 0 Å². The molecule has 1 atom stereocenters. The molecule has 0 fully saturated rings. The standard InChI is InChI=1S/C27H25N3O3/c1-32-21-14-15-25(33-2)22(17-21)28-27(31)30-18-20-11-6-7-12-23(20)29-16-8-13-24(29)26(30)19-9-4-3-5-10-19/h3-17,26H,18H2,1-2H3,(H,28,31). The van der Waals surface area contributed by atoms with Gasteiger partial charge in [0, 0.05) is 18.0 Å². The average Bonchev–Trinajstić information content (AvgIpc) is 3.28. The third-order valence-corrected chi connectivity index (χ3v) is 5.99. The van der Waals surface area contributed by atoms with E-state index in [0.717, 1.165) is 22.5 Å². The van der Waals surface area contributed by atoms with E-state index in [1.165, 1.54) is 0 Å². The molecule has 1 aromatic heterocycles. The van der Waals surface area contributed by atoms with Gasteiger partial charge >= 0.3 is 6.03 Å². The molecule has 166 valence electrons. The number of nitrogens with zero attached hydrogens (tertiary/aromatic N) is 2. The summed E-state index contributed by atoms with van der Waals surface area (Å²) in [5.41, 5.74) is 4.77. The molecule has 0 spiro atoms.